The Labute approximate surface area is 138 Å². The molecular formula is C18H23NO3S. The van der Waals surface area contributed by atoms with E-state index in [1.165, 1.54) is 0 Å². The summed E-state index contributed by atoms with van der Waals surface area (Å²) >= 11 is 0. The van der Waals surface area contributed by atoms with E-state index >= 15 is 0 Å². The van der Waals surface area contributed by atoms with Crippen LogP contribution in [0.3, 0.4) is 0 Å². The summed E-state index contributed by atoms with van der Waals surface area (Å²) in [6, 6.07) is 17.1. The number of para-hydroxylation sites is 1. The first-order chi connectivity index (χ1) is 11.1. The lowest BCUT2D eigenvalue weighted by Gasteiger charge is -2.10. The Hall–Kier alpha value is -1.85. The fourth-order valence-electron chi connectivity index (χ4n) is 2.36. The highest BCUT2D eigenvalue weighted by atomic mass is 32.2. The van der Waals surface area contributed by atoms with Gasteiger partial charge in [0, 0.05) is 6.54 Å². The smallest absolute Gasteiger partial charge is 0.215 e. The predicted molar refractivity (Wildman–Crippen MR) is 93.0 cm³/mol. The number of sulfonamides is 1. The molecule has 0 fully saturated rings. The Kier molecular flexibility index (Phi) is 6.62. The first kappa shape index (κ1) is 17.5. The van der Waals surface area contributed by atoms with Crippen LogP contribution in [0, 0.1) is 0 Å². The molecular weight excluding hydrogens is 310 g/mol. The molecule has 0 saturated heterocycles. The van der Waals surface area contributed by atoms with Crippen LogP contribution in [-0.4, -0.2) is 21.6 Å². The Morgan fingerprint density at radius 2 is 1.70 bits per heavy atom. The van der Waals surface area contributed by atoms with Gasteiger partial charge in [-0.1, -0.05) is 48.5 Å². The Bertz CT molecular complexity index is 699. The maximum atomic E-state index is 12.0. The molecule has 0 aliphatic heterocycles. The topological polar surface area (TPSA) is 55.4 Å². The molecule has 2 aromatic rings. The number of nitrogens with one attached hydrogen (secondary N) is 1. The van der Waals surface area contributed by atoms with Gasteiger partial charge in [0.25, 0.3) is 0 Å². The largest absolute Gasteiger partial charge is 0.494 e. The van der Waals surface area contributed by atoms with Crippen molar-refractivity contribution in [3.8, 4) is 5.75 Å². The monoisotopic (exact) mass is 333 g/mol. The van der Waals surface area contributed by atoms with Crippen LogP contribution in [0.15, 0.2) is 54.6 Å². The maximum Gasteiger partial charge on any atom is 0.215 e. The van der Waals surface area contributed by atoms with Crippen LogP contribution >= 0.6 is 0 Å². The summed E-state index contributed by atoms with van der Waals surface area (Å²) in [5.74, 6) is 0.894. The molecule has 0 heterocycles. The average Bonchev–Trinajstić information content (AvgIpc) is 2.54. The van der Waals surface area contributed by atoms with Gasteiger partial charge in [-0.3, -0.25) is 0 Å². The fourth-order valence-corrected chi connectivity index (χ4v) is 3.55. The molecule has 0 spiro atoms. The molecule has 0 aromatic heterocycles. The van der Waals surface area contributed by atoms with E-state index in [0.717, 1.165) is 29.7 Å². The lowest BCUT2D eigenvalue weighted by atomic mass is 10.1. The van der Waals surface area contributed by atoms with Crippen LogP contribution < -0.4 is 9.46 Å². The van der Waals surface area contributed by atoms with Gasteiger partial charge < -0.3 is 4.74 Å². The molecule has 23 heavy (non-hydrogen) atoms. The SMILES string of the molecule is CCOc1ccccc1CCCNS(=O)(=O)Cc1ccccc1. The highest BCUT2D eigenvalue weighted by Crippen LogP contribution is 2.19. The van der Waals surface area contributed by atoms with E-state index in [1.54, 1.807) is 0 Å². The third-order valence-electron chi connectivity index (χ3n) is 3.42. The summed E-state index contributed by atoms with van der Waals surface area (Å²) in [5.41, 5.74) is 1.90. The zero-order valence-electron chi connectivity index (χ0n) is 13.4. The van der Waals surface area contributed by atoms with Crippen molar-refractivity contribution < 1.29 is 13.2 Å². The van der Waals surface area contributed by atoms with Crippen molar-refractivity contribution in [2.24, 2.45) is 0 Å². The van der Waals surface area contributed by atoms with Crippen LogP contribution in [0.1, 0.15) is 24.5 Å². The molecule has 0 atom stereocenters. The normalized spacial score (nSPS) is 11.3. The number of ether oxygens (including phenoxy) is 1. The summed E-state index contributed by atoms with van der Waals surface area (Å²) in [4.78, 5) is 0. The van der Waals surface area contributed by atoms with Crippen molar-refractivity contribution in [2.45, 2.75) is 25.5 Å². The second-order valence-corrected chi connectivity index (χ2v) is 7.09. The highest BCUT2D eigenvalue weighted by molar-refractivity contribution is 7.88. The zero-order valence-corrected chi connectivity index (χ0v) is 14.2. The van der Waals surface area contributed by atoms with Gasteiger partial charge in [0.05, 0.1) is 12.4 Å². The van der Waals surface area contributed by atoms with E-state index in [0.29, 0.717) is 13.2 Å². The molecule has 0 unspecified atom stereocenters. The van der Waals surface area contributed by atoms with Crippen LogP contribution in [-0.2, 0) is 22.2 Å². The molecule has 2 rings (SSSR count). The third kappa shape index (κ3) is 6.04. The highest BCUT2D eigenvalue weighted by Gasteiger charge is 2.10. The second kappa shape index (κ2) is 8.70. The van der Waals surface area contributed by atoms with Gasteiger partial charge in [0.1, 0.15) is 5.75 Å². The summed E-state index contributed by atoms with van der Waals surface area (Å²) in [6.45, 7) is 3.00. The van der Waals surface area contributed by atoms with Crippen LogP contribution in [0.2, 0.25) is 0 Å². The van der Waals surface area contributed by atoms with Gasteiger partial charge >= 0.3 is 0 Å². The van der Waals surface area contributed by atoms with E-state index in [4.69, 9.17) is 4.74 Å². The number of hydrogen-bond acceptors (Lipinski definition) is 3. The molecule has 1 N–H and O–H groups in total. The Morgan fingerprint density at radius 3 is 2.43 bits per heavy atom. The molecule has 4 nitrogen and oxygen atoms in total. The minimum Gasteiger partial charge on any atom is -0.494 e. The third-order valence-corrected chi connectivity index (χ3v) is 4.77. The zero-order chi connectivity index (χ0) is 16.5. The molecule has 2 aromatic carbocycles. The van der Waals surface area contributed by atoms with E-state index < -0.39 is 10.0 Å². The van der Waals surface area contributed by atoms with E-state index in [2.05, 4.69) is 4.72 Å². The average molecular weight is 333 g/mol. The fraction of sp³-hybridized carbons (Fsp3) is 0.333. The minimum absolute atomic E-state index is 0.0172. The van der Waals surface area contributed by atoms with Gasteiger partial charge in [-0.2, -0.15) is 0 Å². The number of rotatable bonds is 9. The standard InChI is InChI=1S/C18H23NO3S/c1-2-22-18-13-7-6-11-17(18)12-8-14-19-23(20,21)15-16-9-4-3-5-10-16/h3-7,9-11,13,19H,2,8,12,14-15H2,1H3. The first-order valence-electron chi connectivity index (χ1n) is 7.82. The quantitative estimate of drug-likeness (QED) is 0.717. The molecule has 0 amide bonds. The van der Waals surface area contributed by atoms with Crippen molar-refractivity contribution in [3.05, 3.63) is 65.7 Å². The van der Waals surface area contributed by atoms with Crippen molar-refractivity contribution in [3.63, 3.8) is 0 Å². The van der Waals surface area contributed by atoms with E-state index in [9.17, 15) is 8.42 Å². The molecule has 5 heteroatoms. The second-order valence-electron chi connectivity index (χ2n) is 5.28. The van der Waals surface area contributed by atoms with Gasteiger partial charge in [0.15, 0.2) is 0 Å². The van der Waals surface area contributed by atoms with Crippen molar-refractivity contribution >= 4 is 10.0 Å². The first-order valence-corrected chi connectivity index (χ1v) is 9.48. The van der Waals surface area contributed by atoms with E-state index in [1.807, 2.05) is 61.5 Å². The number of hydrogen-bond donors (Lipinski definition) is 1. The van der Waals surface area contributed by atoms with Gasteiger partial charge in [-0.25, -0.2) is 13.1 Å². The lowest BCUT2D eigenvalue weighted by Crippen LogP contribution is -2.26. The van der Waals surface area contributed by atoms with Crippen LogP contribution in [0.5, 0.6) is 5.75 Å². The number of benzene rings is 2. The van der Waals surface area contributed by atoms with Crippen LogP contribution in [0.4, 0.5) is 0 Å². The molecule has 0 radical (unpaired) electrons. The van der Waals surface area contributed by atoms with Gasteiger partial charge in [0.2, 0.25) is 10.0 Å². The van der Waals surface area contributed by atoms with Crippen molar-refractivity contribution in [1.29, 1.82) is 0 Å². The van der Waals surface area contributed by atoms with Crippen molar-refractivity contribution in [1.82, 2.24) is 4.72 Å². The molecule has 0 saturated carbocycles. The Morgan fingerprint density at radius 1 is 1.00 bits per heavy atom. The van der Waals surface area contributed by atoms with E-state index in [-0.39, 0.29) is 5.75 Å². The minimum atomic E-state index is -3.29. The summed E-state index contributed by atoms with van der Waals surface area (Å²) in [7, 11) is -3.29. The summed E-state index contributed by atoms with van der Waals surface area (Å²) in [5, 5.41) is 0. The summed E-state index contributed by atoms with van der Waals surface area (Å²) < 4.78 is 32.3. The lowest BCUT2D eigenvalue weighted by molar-refractivity contribution is 0.336. The van der Waals surface area contributed by atoms with Gasteiger partial charge in [-0.05, 0) is 37.0 Å². The Balaban J connectivity index is 1.81. The van der Waals surface area contributed by atoms with Crippen LogP contribution in [0.25, 0.3) is 0 Å². The maximum absolute atomic E-state index is 12.0. The van der Waals surface area contributed by atoms with Crippen molar-refractivity contribution in [2.75, 3.05) is 13.2 Å². The molecule has 0 aliphatic carbocycles. The number of aryl methyl sites for hydroxylation is 1. The predicted octanol–water partition coefficient (Wildman–Crippen LogP) is 3.14. The molecule has 0 bridgehead atoms. The van der Waals surface area contributed by atoms with Gasteiger partial charge in [-0.15, -0.1) is 0 Å². The molecule has 124 valence electrons. The summed E-state index contributed by atoms with van der Waals surface area (Å²) in [6.07, 6.45) is 1.52. The molecule has 0 aliphatic rings.